The lowest BCUT2D eigenvalue weighted by atomic mass is 10.1. The highest BCUT2D eigenvalue weighted by atomic mass is 16.2. The minimum absolute atomic E-state index is 0.276. The Hall–Kier alpha value is -2.10. The van der Waals surface area contributed by atoms with Crippen molar-refractivity contribution in [1.29, 1.82) is 0 Å². The predicted octanol–water partition coefficient (Wildman–Crippen LogP) is 1.85. The van der Waals surface area contributed by atoms with Gasteiger partial charge in [0.25, 0.3) is 0 Å². The molecule has 0 aliphatic rings. The van der Waals surface area contributed by atoms with Crippen molar-refractivity contribution in [2.45, 2.75) is 20.8 Å². The number of aryl methyl sites for hydroxylation is 3. The third kappa shape index (κ3) is 3.45. The number of amides is 2. The van der Waals surface area contributed by atoms with E-state index in [2.05, 4.69) is 17.2 Å². The zero-order chi connectivity index (χ0) is 13.7. The van der Waals surface area contributed by atoms with Crippen LogP contribution < -0.4 is 10.6 Å². The van der Waals surface area contributed by atoms with Crippen LogP contribution in [0.3, 0.4) is 0 Å². The van der Waals surface area contributed by atoms with Crippen molar-refractivity contribution in [3.63, 3.8) is 0 Å². The largest absolute Gasteiger partial charge is 0.344 e. The van der Waals surface area contributed by atoms with Gasteiger partial charge in [0, 0.05) is 12.2 Å². The molecule has 0 atom stereocenters. The summed E-state index contributed by atoms with van der Waals surface area (Å²) in [4.78, 5) is 23.1. The van der Waals surface area contributed by atoms with E-state index >= 15 is 0 Å². The number of benzene rings is 1. The molecule has 96 valence electrons. The van der Waals surface area contributed by atoms with Crippen LogP contribution in [0.4, 0.5) is 5.69 Å². The summed E-state index contributed by atoms with van der Waals surface area (Å²) in [6, 6.07) is 3.93. The van der Waals surface area contributed by atoms with E-state index in [4.69, 9.17) is 0 Å². The van der Waals surface area contributed by atoms with Gasteiger partial charge in [-0.05, 0) is 31.9 Å². The van der Waals surface area contributed by atoms with Gasteiger partial charge in [-0.2, -0.15) is 0 Å². The molecule has 0 saturated heterocycles. The molecule has 0 heterocycles. The topological polar surface area (TPSA) is 58.2 Å². The van der Waals surface area contributed by atoms with Gasteiger partial charge in [-0.15, -0.1) is 6.58 Å². The second-order valence-corrected chi connectivity index (χ2v) is 4.23. The SMILES string of the molecule is C=CCNC(=O)C(=O)Nc1c(C)cc(C)cc1C. The summed E-state index contributed by atoms with van der Waals surface area (Å²) in [6.07, 6.45) is 1.52. The molecule has 2 N–H and O–H groups in total. The first kappa shape index (κ1) is 14.0. The van der Waals surface area contributed by atoms with Gasteiger partial charge >= 0.3 is 11.8 Å². The Morgan fingerprint density at radius 3 is 2.22 bits per heavy atom. The van der Waals surface area contributed by atoms with E-state index in [-0.39, 0.29) is 6.54 Å². The van der Waals surface area contributed by atoms with Crippen molar-refractivity contribution >= 4 is 17.5 Å². The molecule has 0 fully saturated rings. The van der Waals surface area contributed by atoms with Gasteiger partial charge in [-0.3, -0.25) is 9.59 Å². The van der Waals surface area contributed by atoms with E-state index in [1.54, 1.807) is 0 Å². The third-order valence-electron chi connectivity index (χ3n) is 2.53. The van der Waals surface area contributed by atoms with Gasteiger partial charge in [-0.1, -0.05) is 23.8 Å². The lowest BCUT2D eigenvalue weighted by Gasteiger charge is -2.12. The van der Waals surface area contributed by atoms with Gasteiger partial charge in [0.15, 0.2) is 0 Å². The molecule has 18 heavy (non-hydrogen) atoms. The fourth-order valence-corrected chi connectivity index (χ4v) is 1.79. The molecule has 0 bridgehead atoms. The zero-order valence-electron chi connectivity index (χ0n) is 11.0. The van der Waals surface area contributed by atoms with Crippen molar-refractivity contribution in [2.75, 3.05) is 11.9 Å². The normalized spacial score (nSPS) is 9.72. The highest BCUT2D eigenvalue weighted by Gasteiger charge is 2.14. The van der Waals surface area contributed by atoms with Crippen molar-refractivity contribution < 1.29 is 9.59 Å². The Kier molecular flexibility index (Phi) is 4.66. The van der Waals surface area contributed by atoms with Crippen molar-refractivity contribution in [1.82, 2.24) is 5.32 Å². The average Bonchev–Trinajstić information content (AvgIpc) is 2.30. The number of hydrogen-bond donors (Lipinski definition) is 2. The summed E-state index contributed by atoms with van der Waals surface area (Å²) in [7, 11) is 0. The summed E-state index contributed by atoms with van der Waals surface area (Å²) in [6.45, 7) is 9.53. The molecule has 1 rings (SSSR count). The molecular weight excluding hydrogens is 228 g/mol. The molecule has 0 unspecified atom stereocenters. The highest BCUT2D eigenvalue weighted by Crippen LogP contribution is 2.21. The van der Waals surface area contributed by atoms with Crippen molar-refractivity contribution in [3.05, 3.63) is 41.5 Å². The van der Waals surface area contributed by atoms with E-state index in [0.717, 1.165) is 16.7 Å². The summed E-state index contributed by atoms with van der Waals surface area (Å²) >= 11 is 0. The van der Waals surface area contributed by atoms with Crippen LogP contribution in [0.25, 0.3) is 0 Å². The number of carbonyl (C=O) groups excluding carboxylic acids is 2. The van der Waals surface area contributed by atoms with Crippen LogP contribution in [-0.4, -0.2) is 18.4 Å². The van der Waals surface area contributed by atoms with Crippen LogP contribution >= 0.6 is 0 Å². The Balaban J connectivity index is 2.82. The van der Waals surface area contributed by atoms with Gasteiger partial charge in [0.2, 0.25) is 0 Å². The molecular formula is C14H18N2O2. The standard InChI is InChI=1S/C14H18N2O2/c1-5-6-15-13(17)14(18)16-12-10(3)7-9(2)8-11(12)4/h5,7-8H,1,6H2,2-4H3,(H,15,17)(H,16,18). The molecule has 0 spiro atoms. The van der Waals surface area contributed by atoms with Crippen molar-refractivity contribution in [3.8, 4) is 0 Å². The predicted molar refractivity (Wildman–Crippen MR) is 72.5 cm³/mol. The molecule has 0 aliphatic heterocycles. The Morgan fingerprint density at radius 2 is 1.72 bits per heavy atom. The van der Waals surface area contributed by atoms with Gasteiger partial charge < -0.3 is 10.6 Å². The maximum atomic E-state index is 11.7. The quantitative estimate of drug-likeness (QED) is 0.631. The first-order valence-electron chi connectivity index (χ1n) is 5.73. The fourth-order valence-electron chi connectivity index (χ4n) is 1.79. The third-order valence-corrected chi connectivity index (χ3v) is 2.53. The van der Waals surface area contributed by atoms with Gasteiger partial charge in [-0.25, -0.2) is 0 Å². The molecule has 4 nitrogen and oxygen atoms in total. The molecule has 0 aromatic heterocycles. The smallest absolute Gasteiger partial charge is 0.313 e. The number of carbonyl (C=O) groups is 2. The molecule has 0 saturated carbocycles. The minimum Gasteiger partial charge on any atom is -0.344 e. The average molecular weight is 246 g/mol. The van der Waals surface area contributed by atoms with E-state index < -0.39 is 11.8 Å². The van der Waals surface area contributed by atoms with Gasteiger partial charge in [0.05, 0.1) is 0 Å². The summed E-state index contributed by atoms with van der Waals surface area (Å²) in [5.41, 5.74) is 3.70. The van der Waals surface area contributed by atoms with E-state index in [1.807, 2.05) is 32.9 Å². The first-order chi connectivity index (χ1) is 8.45. The van der Waals surface area contributed by atoms with Crippen LogP contribution in [0.5, 0.6) is 0 Å². The summed E-state index contributed by atoms with van der Waals surface area (Å²) < 4.78 is 0. The first-order valence-corrected chi connectivity index (χ1v) is 5.73. The molecule has 2 amide bonds. The minimum atomic E-state index is -0.660. The molecule has 1 aromatic rings. The van der Waals surface area contributed by atoms with Crippen LogP contribution in [0, 0.1) is 20.8 Å². The molecule has 0 aliphatic carbocycles. The number of hydrogen-bond acceptors (Lipinski definition) is 2. The molecule has 1 aromatic carbocycles. The fraction of sp³-hybridized carbons (Fsp3) is 0.286. The van der Waals surface area contributed by atoms with Crippen LogP contribution in [-0.2, 0) is 9.59 Å². The summed E-state index contributed by atoms with van der Waals surface area (Å²) in [5.74, 6) is -1.32. The highest BCUT2D eigenvalue weighted by molar-refractivity contribution is 6.39. The zero-order valence-corrected chi connectivity index (χ0v) is 11.0. The van der Waals surface area contributed by atoms with E-state index in [9.17, 15) is 9.59 Å². The van der Waals surface area contributed by atoms with Crippen molar-refractivity contribution in [2.24, 2.45) is 0 Å². The number of rotatable bonds is 3. The number of nitrogens with one attached hydrogen (secondary N) is 2. The number of anilines is 1. The maximum absolute atomic E-state index is 11.7. The second kappa shape index (κ2) is 6.00. The lowest BCUT2D eigenvalue weighted by molar-refractivity contribution is -0.136. The lowest BCUT2D eigenvalue weighted by Crippen LogP contribution is -2.35. The maximum Gasteiger partial charge on any atom is 0.313 e. The van der Waals surface area contributed by atoms with Crippen LogP contribution in [0.1, 0.15) is 16.7 Å². The monoisotopic (exact) mass is 246 g/mol. The molecule has 4 heteroatoms. The van der Waals surface area contributed by atoms with E-state index in [0.29, 0.717) is 5.69 Å². The Bertz CT molecular complexity index is 470. The Labute approximate surface area is 107 Å². The second-order valence-electron chi connectivity index (χ2n) is 4.23. The van der Waals surface area contributed by atoms with E-state index in [1.165, 1.54) is 6.08 Å². The Morgan fingerprint density at radius 1 is 1.17 bits per heavy atom. The van der Waals surface area contributed by atoms with Crippen LogP contribution in [0.15, 0.2) is 24.8 Å². The molecule has 0 radical (unpaired) electrons. The summed E-state index contributed by atoms with van der Waals surface area (Å²) in [5, 5.41) is 5.06. The van der Waals surface area contributed by atoms with Gasteiger partial charge in [0.1, 0.15) is 0 Å². The van der Waals surface area contributed by atoms with Crippen LogP contribution in [0.2, 0.25) is 0 Å².